The molecule has 21 heavy (non-hydrogen) atoms. The summed E-state index contributed by atoms with van der Waals surface area (Å²) >= 11 is 5.84. The van der Waals surface area contributed by atoms with Gasteiger partial charge in [-0.2, -0.15) is 4.31 Å². The molecule has 118 valence electrons. The van der Waals surface area contributed by atoms with Crippen LogP contribution in [0.1, 0.15) is 25.0 Å². The lowest BCUT2D eigenvalue weighted by atomic mass is 10.1. The van der Waals surface area contributed by atoms with Crippen molar-refractivity contribution in [1.29, 1.82) is 0 Å². The first kappa shape index (κ1) is 15.3. The Hall–Kier alpha value is -0.560. The van der Waals surface area contributed by atoms with Crippen molar-refractivity contribution in [3.8, 4) is 0 Å². The molecule has 0 saturated carbocycles. The third-order valence-electron chi connectivity index (χ3n) is 4.97. The van der Waals surface area contributed by atoms with Gasteiger partial charge in [0.1, 0.15) is 4.90 Å². The van der Waals surface area contributed by atoms with Crippen molar-refractivity contribution in [3.05, 3.63) is 18.0 Å². The highest BCUT2D eigenvalue weighted by Crippen LogP contribution is 2.31. The monoisotopic (exact) mass is 331 g/mol. The lowest BCUT2D eigenvalue weighted by Gasteiger charge is -2.24. The average Bonchev–Trinajstić information content (AvgIpc) is 2.90. The first-order chi connectivity index (χ1) is 9.93. The summed E-state index contributed by atoms with van der Waals surface area (Å²) in [5, 5.41) is 0. The zero-order valence-corrected chi connectivity index (χ0v) is 14.1. The minimum atomic E-state index is -3.42. The lowest BCUT2D eigenvalue weighted by molar-refractivity contribution is 0.246. The fourth-order valence-corrected chi connectivity index (χ4v) is 5.35. The average molecular weight is 332 g/mol. The fraction of sp³-hybridized carbons (Fsp3) is 0.714. The Morgan fingerprint density at radius 2 is 1.95 bits per heavy atom. The molecule has 0 aromatic carbocycles. The van der Waals surface area contributed by atoms with E-state index in [1.54, 1.807) is 21.1 Å². The van der Waals surface area contributed by atoms with E-state index in [1.165, 1.54) is 6.42 Å². The summed E-state index contributed by atoms with van der Waals surface area (Å²) in [4.78, 5) is 2.71. The van der Waals surface area contributed by atoms with Crippen LogP contribution in [0.25, 0.3) is 0 Å². The molecular formula is C14H22ClN3O2S. The Bertz CT molecular complexity index is 628. The van der Waals surface area contributed by atoms with Gasteiger partial charge < -0.3 is 4.57 Å². The van der Waals surface area contributed by atoms with Crippen molar-refractivity contribution in [2.45, 2.75) is 42.1 Å². The Morgan fingerprint density at radius 3 is 2.62 bits per heavy atom. The molecule has 2 aliphatic heterocycles. The molecule has 0 aliphatic carbocycles. The van der Waals surface area contributed by atoms with Crippen LogP contribution in [0.4, 0.5) is 0 Å². The van der Waals surface area contributed by atoms with Crippen LogP contribution in [0.5, 0.6) is 0 Å². The molecule has 5 nitrogen and oxygen atoms in total. The van der Waals surface area contributed by atoms with E-state index in [4.69, 9.17) is 11.6 Å². The molecule has 2 unspecified atom stereocenters. The number of likely N-dealkylation sites (N-methyl/N-ethyl adjacent to an activating group) is 1. The number of aryl methyl sites for hydroxylation is 1. The molecule has 2 fully saturated rings. The summed E-state index contributed by atoms with van der Waals surface area (Å²) < 4.78 is 29.2. The van der Waals surface area contributed by atoms with Crippen molar-refractivity contribution in [2.24, 2.45) is 7.05 Å². The maximum atomic E-state index is 12.9. The second-order valence-corrected chi connectivity index (χ2v) is 8.32. The van der Waals surface area contributed by atoms with E-state index in [-0.39, 0.29) is 0 Å². The van der Waals surface area contributed by atoms with Crippen molar-refractivity contribution in [1.82, 2.24) is 13.8 Å². The predicted octanol–water partition coefficient (Wildman–Crippen LogP) is 1.62. The van der Waals surface area contributed by atoms with Crippen molar-refractivity contribution < 1.29 is 8.42 Å². The molecule has 0 radical (unpaired) electrons. The SMILES string of the molecule is CN1C2CCC1CN(S(=O)(=O)c1cc(CCl)n(C)c1)CC2. The normalized spacial score (nSPS) is 28.0. The standard InChI is InChI=1S/C14H22ClN3O2S/c1-16-10-14(7-13(16)8-15)21(19,20)18-6-5-11-3-4-12(9-18)17(11)2/h7,10-12H,3-6,8-9H2,1-2H3. The Balaban J connectivity index is 1.87. The first-order valence-corrected chi connectivity index (χ1v) is 9.34. The van der Waals surface area contributed by atoms with Gasteiger partial charge in [-0.1, -0.05) is 0 Å². The van der Waals surface area contributed by atoms with Crippen molar-refractivity contribution in [3.63, 3.8) is 0 Å². The zero-order chi connectivity index (χ0) is 15.2. The maximum Gasteiger partial charge on any atom is 0.244 e. The number of fused-ring (bicyclic) bond motifs is 2. The van der Waals surface area contributed by atoms with Crippen LogP contribution >= 0.6 is 11.6 Å². The molecule has 2 atom stereocenters. The van der Waals surface area contributed by atoms with Crippen molar-refractivity contribution >= 4 is 21.6 Å². The molecule has 7 heteroatoms. The first-order valence-electron chi connectivity index (χ1n) is 7.36. The summed E-state index contributed by atoms with van der Waals surface area (Å²) in [5.41, 5.74) is 0.823. The van der Waals surface area contributed by atoms with E-state index in [1.807, 2.05) is 7.05 Å². The number of aromatic nitrogens is 1. The summed E-state index contributed by atoms with van der Waals surface area (Å²) in [6.45, 7) is 1.21. The molecule has 2 aliphatic rings. The number of halogens is 1. The molecule has 3 heterocycles. The van der Waals surface area contributed by atoms with Gasteiger partial charge in [0.2, 0.25) is 10.0 Å². The third kappa shape index (κ3) is 2.63. The Labute approximate surface area is 131 Å². The Kier molecular flexibility index (Phi) is 4.07. The highest BCUT2D eigenvalue weighted by atomic mass is 35.5. The van der Waals surface area contributed by atoms with E-state index in [2.05, 4.69) is 11.9 Å². The largest absolute Gasteiger partial charge is 0.352 e. The van der Waals surface area contributed by atoms with Crippen LogP contribution in [0.2, 0.25) is 0 Å². The van der Waals surface area contributed by atoms with Gasteiger partial charge in [0, 0.05) is 44.1 Å². The van der Waals surface area contributed by atoms with E-state index in [0.717, 1.165) is 18.5 Å². The minimum absolute atomic E-state index is 0.319. The molecule has 0 spiro atoms. The van der Waals surface area contributed by atoms with Gasteiger partial charge in [0.25, 0.3) is 0 Å². The second-order valence-electron chi connectivity index (χ2n) is 6.11. The fourth-order valence-electron chi connectivity index (χ4n) is 3.50. The van der Waals surface area contributed by atoms with E-state index in [9.17, 15) is 8.42 Å². The Morgan fingerprint density at radius 1 is 1.24 bits per heavy atom. The molecule has 1 aromatic heterocycles. The molecule has 3 rings (SSSR count). The molecule has 0 amide bonds. The van der Waals surface area contributed by atoms with Gasteiger partial charge >= 0.3 is 0 Å². The van der Waals surface area contributed by atoms with Crippen LogP contribution in [0.15, 0.2) is 17.2 Å². The smallest absolute Gasteiger partial charge is 0.244 e. The third-order valence-corrected chi connectivity index (χ3v) is 7.07. The highest BCUT2D eigenvalue weighted by molar-refractivity contribution is 7.89. The lowest BCUT2D eigenvalue weighted by Crippen LogP contribution is -2.39. The number of hydrogen-bond donors (Lipinski definition) is 0. The quantitative estimate of drug-likeness (QED) is 0.791. The van der Waals surface area contributed by atoms with Crippen LogP contribution in [-0.4, -0.2) is 54.4 Å². The van der Waals surface area contributed by atoms with Crippen LogP contribution < -0.4 is 0 Å². The molecule has 0 N–H and O–H groups in total. The summed E-state index contributed by atoms with van der Waals surface area (Å²) in [6.07, 6.45) is 4.87. The second kappa shape index (κ2) is 5.57. The molecular weight excluding hydrogens is 310 g/mol. The van der Waals surface area contributed by atoms with Gasteiger partial charge in [-0.3, -0.25) is 4.90 Å². The van der Waals surface area contributed by atoms with Gasteiger partial charge in [0.15, 0.2) is 0 Å². The molecule has 2 bridgehead atoms. The number of alkyl halides is 1. The topological polar surface area (TPSA) is 45.6 Å². The van der Waals surface area contributed by atoms with Gasteiger partial charge in [-0.05, 0) is 32.4 Å². The van der Waals surface area contributed by atoms with Gasteiger partial charge in [0.05, 0.1) is 5.88 Å². The van der Waals surface area contributed by atoms with Gasteiger partial charge in [-0.15, -0.1) is 11.6 Å². The molecule has 2 saturated heterocycles. The van der Waals surface area contributed by atoms with Crippen LogP contribution in [0.3, 0.4) is 0 Å². The van der Waals surface area contributed by atoms with Crippen molar-refractivity contribution in [2.75, 3.05) is 20.1 Å². The number of hydrogen-bond acceptors (Lipinski definition) is 3. The number of rotatable bonds is 3. The van der Waals surface area contributed by atoms with Crippen LogP contribution in [0, 0.1) is 0 Å². The number of sulfonamides is 1. The number of nitrogens with zero attached hydrogens (tertiary/aromatic N) is 3. The van der Waals surface area contributed by atoms with Crippen LogP contribution in [-0.2, 0) is 23.0 Å². The summed E-state index contributed by atoms with van der Waals surface area (Å²) in [6, 6.07) is 2.57. The molecule has 1 aromatic rings. The van der Waals surface area contributed by atoms with Gasteiger partial charge in [-0.25, -0.2) is 8.42 Å². The minimum Gasteiger partial charge on any atom is -0.352 e. The highest BCUT2D eigenvalue weighted by Gasteiger charge is 2.38. The predicted molar refractivity (Wildman–Crippen MR) is 82.9 cm³/mol. The van der Waals surface area contributed by atoms with E-state index >= 15 is 0 Å². The maximum absolute atomic E-state index is 12.9. The van der Waals surface area contributed by atoms with E-state index < -0.39 is 10.0 Å². The summed E-state index contributed by atoms with van der Waals surface area (Å²) in [5.74, 6) is 0.319. The summed E-state index contributed by atoms with van der Waals surface area (Å²) in [7, 11) is 0.530. The zero-order valence-electron chi connectivity index (χ0n) is 12.5. The van der Waals surface area contributed by atoms with E-state index in [0.29, 0.717) is 35.9 Å².